The van der Waals surface area contributed by atoms with Crippen LogP contribution in [0.15, 0.2) is 17.4 Å². The van der Waals surface area contributed by atoms with Crippen LogP contribution in [0, 0.1) is 0 Å². The highest BCUT2D eigenvalue weighted by Gasteiger charge is 2.45. The average molecular weight is 312 g/mol. The average Bonchev–Trinajstić information content (AvgIpc) is 3.02. The van der Waals surface area contributed by atoms with E-state index >= 15 is 0 Å². The Morgan fingerprint density at radius 2 is 2.33 bits per heavy atom. The second kappa shape index (κ2) is 5.41. The predicted molar refractivity (Wildman–Crippen MR) is 77.1 cm³/mol. The highest BCUT2D eigenvalue weighted by molar-refractivity contribution is 7.81. The van der Waals surface area contributed by atoms with E-state index in [4.69, 9.17) is 4.74 Å². The van der Waals surface area contributed by atoms with Crippen molar-refractivity contribution in [2.24, 2.45) is 0 Å². The largest absolute Gasteiger partial charge is 0.390 e. The Morgan fingerprint density at radius 3 is 3.05 bits per heavy atom. The van der Waals surface area contributed by atoms with E-state index in [1.54, 1.807) is 11.5 Å². The van der Waals surface area contributed by atoms with Crippen molar-refractivity contribution in [1.82, 2.24) is 19.5 Å². The van der Waals surface area contributed by atoms with E-state index in [9.17, 15) is 15.0 Å². The summed E-state index contributed by atoms with van der Waals surface area (Å²) in [5, 5.41) is 19.5. The van der Waals surface area contributed by atoms with Crippen molar-refractivity contribution in [3.63, 3.8) is 0 Å². The molecular formula is C12H16N4O4S. The predicted octanol–water partition coefficient (Wildman–Crippen LogP) is -0.553. The number of rotatable bonds is 3. The molecule has 0 amide bonds. The Labute approximate surface area is 125 Å². The first kappa shape index (κ1) is 14.5. The number of aliphatic hydroxyl groups is 2. The van der Waals surface area contributed by atoms with Gasteiger partial charge < -0.3 is 19.9 Å². The van der Waals surface area contributed by atoms with Crippen LogP contribution < -0.4 is 5.56 Å². The summed E-state index contributed by atoms with van der Waals surface area (Å²) in [6, 6.07) is 0. The van der Waals surface area contributed by atoms with E-state index in [0.29, 0.717) is 12.1 Å². The number of nitrogens with one attached hydrogen (secondary N) is 1. The molecule has 5 atom stereocenters. The van der Waals surface area contributed by atoms with Crippen molar-refractivity contribution >= 4 is 23.8 Å². The number of ether oxygens (including phenoxy) is 1. The van der Waals surface area contributed by atoms with Crippen LogP contribution in [-0.2, 0) is 4.74 Å². The summed E-state index contributed by atoms with van der Waals surface area (Å²) in [7, 11) is 0. The van der Waals surface area contributed by atoms with Crippen molar-refractivity contribution < 1.29 is 14.9 Å². The van der Waals surface area contributed by atoms with Crippen molar-refractivity contribution in [3.8, 4) is 0 Å². The molecule has 1 aliphatic rings. The Balaban J connectivity index is 2.00. The monoisotopic (exact) mass is 312 g/mol. The summed E-state index contributed by atoms with van der Waals surface area (Å²) in [6.07, 6.45) is 0.0561. The first-order chi connectivity index (χ1) is 10.0. The maximum atomic E-state index is 11.7. The first-order valence-electron chi connectivity index (χ1n) is 6.64. The number of hydrogen-bond acceptors (Lipinski definition) is 7. The Hall–Kier alpha value is -1.42. The minimum atomic E-state index is -0.923. The van der Waals surface area contributed by atoms with Gasteiger partial charge in [0.15, 0.2) is 17.4 Å². The number of aromatic amines is 1. The zero-order valence-electron chi connectivity index (χ0n) is 11.2. The Kier molecular flexibility index (Phi) is 3.74. The van der Waals surface area contributed by atoms with Gasteiger partial charge in [0.2, 0.25) is 0 Å². The minimum absolute atomic E-state index is 0.190. The first-order valence-corrected chi connectivity index (χ1v) is 7.16. The molecule has 3 N–H and O–H groups in total. The van der Waals surface area contributed by atoms with Crippen molar-refractivity contribution in [1.29, 1.82) is 0 Å². The van der Waals surface area contributed by atoms with Gasteiger partial charge in [0.05, 0.1) is 30.1 Å². The maximum Gasteiger partial charge on any atom is 0.278 e. The van der Waals surface area contributed by atoms with Gasteiger partial charge in [0.1, 0.15) is 6.10 Å². The number of nitrogens with zero attached hydrogens (tertiary/aromatic N) is 3. The minimum Gasteiger partial charge on any atom is -0.390 e. The van der Waals surface area contributed by atoms with Crippen LogP contribution in [-0.4, -0.2) is 53.3 Å². The van der Waals surface area contributed by atoms with Crippen LogP contribution in [0.2, 0.25) is 0 Å². The number of aromatic nitrogens is 4. The normalized spacial score (nSPS) is 30.9. The topological polar surface area (TPSA) is 113 Å². The lowest BCUT2D eigenvalue weighted by molar-refractivity contribution is -0.0818. The zero-order chi connectivity index (χ0) is 15.1. The summed E-state index contributed by atoms with van der Waals surface area (Å²) in [6.45, 7) is 1.80. The van der Waals surface area contributed by atoms with Crippen LogP contribution >= 0.6 is 12.6 Å². The van der Waals surface area contributed by atoms with Gasteiger partial charge in [-0.3, -0.25) is 9.36 Å². The van der Waals surface area contributed by atoms with Gasteiger partial charge in [0, 0.05) is 0 Å². The summed E-state index contributed by atoms with van der Waals surface area (Å²) < 4.78 is 7.27. The van der Waals surface area contributed by atoms with Crippen LogP contribution in [0.5, 0.6) is 0 Å². The van der Waals surface area contributed by atoms with Crippen LogP contribution in [0.25, 0.3) is 11.2 Å². The van der Waals surface area contributed by atoms with Crippen molar-refractivity contribution in [3.05, 3.63) is 23.0 Å². The van der Waals surface area contributed by atoms with E-state index in [1.807, 2.05) is 0 Å². The van der Waals surface area contributed by atoms with E-state index in [0.717, 1.165) is 0 Å². The summed E-state index contributed by atoms with van der Waals surface area (Å²) in [5.41, 5.74) is 0.190. The molecule has 3 heterocycles. The fourth-order valence-electron chi connectivity index (χ4n) is 2.51. The standard InChI is InChI=1S/C12H16N4O4S/c1-2-5(17)8-7(18)9(21)12(20-8)16-4-15-6-10(16)13-3-14-11(6)19/h3-5,7-9,12,17-18,21H,2H2,1H3,(H,13,14,19)/t5?,7-,8-,9-,12-/m1/s1. The molecule has 3 rings (SSSR count). The molecule has 114 valence electrons. The van der Waals surface area contributed by atoms with Gasteiger partial charge >= 0.3 is 0 Å². The highest BCUT2D eigenvalue weighted by Crippen LogP contribution is 2.36. The molecular weight excluding hydrogens is 296 g/mol. The van der Waals surface area contributed by atoms with E-state index in [2.05, 4.69) is 27.6 Å². The summed E-state index contributed by atoms with van der Waals surface area (Å²) >= 11 is 4.36. The molecule has 0 aliphatic carbocycles. The molecule has 1 unspecified atom stereocenters. The number of aliphatic hydroxyl groups excluding tert-OH is 2. The lowest BCUT2D eigenvalue weighted by atomic mass is 10.1. The Morgan fingerprint density at radius 1 is 1.57 bits per heavy atom. The molecule has 8 nitrogen and oxygen atoms in total. The number of thiol groups is 1. The van der Waals surface area contributed by atoms with Gasteiger partial charge in [-0.2, -0.15) is 12.6 Å². The summed E-state index contributed by atoms with van der Waals surface area (Å²) in [5.74, 6) is 0. The van der Waals surface area contributed by atoms with Crippen molar-refractivity contribution in [2.75, 3.05) is 0 Å². The molecule has 0 spiro atoms. The van der Waals surface area contributed by atoms with Gasteiger partial charge in [-0.25, -0.2) is 9.97 Å². The quantitative estimate of drug-likeness (QED) is 0.566. The van der Waals surface area contributed by atoms with Crippen LogP contribution in [0.3, 0.4) is 0 Å². The number of hydrogen-bond donors (Lipinski definition) is 4. The molecule has 0 aromatic carbocycles. The van der Waals surface area contributed by atoms with Crippen LogP contribution in [0.4, 0.5) is 0 Å². The molecule has 1 saturated heterocycles. The molecule has 1 fully saturated rings. The fourth-order valence-corrected chi connectivity index (χ4v) is 2.90. The maximum absolute atomic E-state index is 11.7. The lowest BCUT2D eigenvalue weighted by Crippen LogP contribution is -2.36. The number of H-pyrrole nitrogens is 1. The van der Waals surface area contributed by atoms with Gasteiger partial charge in [-0.15, -0.1) is 0 Å². The molecule has 0 bridgehead atoms. The second-order valence-corrected chi connectivity index (χ2v) is 5.60. The molecule has 0 saturated carbocycles. The van der Waals surface area contributed by atoms with E-state index in [1.165, 1.54) is 12.7 Å². The SMILES string of the molecule is CCC(O)[C@H]1O[C@@H](n2cnc3c(=O)[nH]cnc32)[C@H](S)[C@@H]1O. The van der Waals surface area contributed by atoms with Gasteiger partial charge in [0.25, 0.3) is 5.56 Å². The third kappa shape index (κ3) is 2.26. The third-order valence-electron chi connectivity index (χ3n) is 3.71. The van der Waals surface area contributed by atoms with Gasteiger partial charge in [-0.1, -0.05) is 6.92 Å². The fraction of sp³-hybridized carbons (Fsp3) is 0.583. The molecule has 0 radical (unpaired) electrons. The second-order valence-electron chi connectivity index (χ2n) is 5.00. The van der Waals surface area contributed by atoms with Crippen molar-refractivity contribution in [2.45, 2.75) is 43.1 Å². The smallest absolute Gasteiger partial charge is 0.278 e. The molecule has 9 heteroatoms. The van der Waals surface area contributed by atoms with Gasteiger partial charge in [-0.05, 0) is 6.42 Å². The van der Waals surface area contributed by atoms with E-state index < -0.39 is 29.8 Å². The number of imidazole rings is 1. The van der Waals surface area contributed by atoms with Crippen LogP contribution in [0.1, 0.15) is 19.6 Å². The summed E-state index contributed by atoms with van der Waals surface area (Å²) in [4.78, 5) is 22.2. The zero-order valence-corrected chi connectivity index (χ0v) is 12.1. The highest BCUT2D eigenvalue weighted by atomic mass is 32.1. The molecule has 2 aromatic rings. The molecule has 1 aliphatic heterocycles. The lowest BCUT2D eigenvalue weighted by Gasteiger charge is -2.19. The third-order valence-corrected chi connectivity index (χ3v) is 4.27. The van der Waals surface area contributed by atoms with E-state index in [-0.39, 0.29) is 11.1 Å². The molecule has 2 aromatic heterocycles. The Bertz CT molecular complexity index is 702. The number of fused-ring (bicyclic) bond motifs is 1. The molecule has 21 heavy (non-hydrogen) atoms.